The van der Waals surface area contributed by atoms with Crippen LogP contribution in [0.3, 0.4) is 0 Å². The van der Waals surface area contributed by atoms with E-state index in [0.29, 0.717) is 0 Å². The fourth-order valence-corrected chi connectivity index (χ4v) is 4.29. The van der Waals surface area contributed by atoms with Gasteiger partial charge in [-0.3, -0.25) is 14.9 Å². The summed E-state index contributed by atoms with van der Waals surface area (Å²) in [5, 5.41) is 13.4. The number of aromatic nitrogens is 1. The Bertz CT molecular complexity index is 869. The number of benzene rings is 1. The number of anilines is 1. The topological polar surface area (TPSA) is 119 Å². The summed E-state index contributed by atoms with van der Waals surface area (Å²) in [6, 6.07) is 4.61. The lowest BCUT2D eigenvalue weighted by Crippen LogP contribution is -2.12. The third-order valence-corrected chi connectivity index (χ3v) is 6.43. The van der Waals surface area contributed by atoms with Crippen molar-refractivity contribution in [3.8, 4) is 0 Å². The average Bonchev–Trinajstić information content (AvgIpc) is 3.27. The van der Waals surface area contributed by atoms with Gasteiger partial charge in [-0.2, -0.15) is 0 Å². The zero-order valence-electron chi connectivity index (χ0n) is 11.6. The number of hydrogen-bond acceptors (Lipinski definition) is 7. The van der Waals surface area contributed by atoms with Crippen molar-refractivity contribution < 1.29 is 18.1 Å². The van der Waals surface area contributed by atoms with Gasteiger partial charge in [0.1, 0.15) is 4.21 Å². The summed E-state index contributed by atoms with van der Waals surface area (Å²) in [6.45, 7) is 0. The number of carbonyl (C=O) groups excluding carboxylic acids is 1. The summed E-state index contributed by atoms with van der Waals surface area (Å²) in [4.78, 5) is 25.5. The Morgan fingerprint density at radius 1 is 1.30 bits per heavy atom. The van der Waals surface area contributed by atoms with E-state index >= 15 is 0 Å². The van der Waals surface area contributed by atoms with Gasteiger partial charge in [0.2, 0.25) is 15.7 Å². The van der Waals surface area contributed by atoms with Crippen LogP contribution < -0.4 is 5.32 Å². The summed E-state index contributed by atoms with van der Waals surface area (Å²) in [5.74, 6) is -0.160. The molecule has 1 N–H and O–H groups in total. The number of hydrogen-bond donors (Lipinski definition) is 1. The van der Waals surface area contributed by atoms with E-state index in [1.165, 1.54) is 18.3 Å². The molecule has 23 heavy (non-hydrogen) atoms. The number of rotatable bonds is 5. The van der Waals surface area contributed by atoms with Crippen LogP contribution in [0.25, 0.3) is 0 Å². The lowest BCUT2D eigenvalue weighted by atomic mass is 10.3. The van der Waals surface area contributed by atoms with Gasteiger partial charge in [0.25, 0.3) is 5.69 Å². The van der Waals surface area contributed by atoms with E-state index in [1.54, 1.807) is 0 Å². The van der Waals surface area contributed by atoms with Crippen molar-refractivity contribution in [2.45, 2.75) is 21.9 Å². The highest BCUT2D eigenvalue weighted by Gasteiger charge is 2.30. The molecule has 1 aliphatic carbocycles. The van der Waals surface area contributed by atoms with Gasteiger partial charge in [-0.25, -0.2) is 13.4 Å². The number of nitro benzene ring substituents is 1. The van der Waals surface area contributed by atoms with Gasteiger partial charge in [0, 0.05) is 18.1 Å². The van der Waals surface area contributed by atoms with Crippen LogP contribution in [0.5, 0.6) is 0 Å². The van der Waals surface area contributed by atoms with Crippen molar-refractivity contribution in [3.63, 3.8) is 0 Å². The van der Waals surface area contributed by atoms with Gasteiger partial charge in [-0.05, 0) is 25.0 Å². The van der Waals surface area contributed by atoms with Crippen molar-refractivity contribution in [1.29, 1.82) is 0 Å². The second-order valence-electron chi connectivity index (χ2n) is 5.00. The van der Waals surface area contributed by atoms with E-state index in [1.807, 2.05) is 0 Å². The summed E-state index contributed by atoms with van der Waals surface area (Å²) in [5.41, 5.74) is -0.189. The molecule has 1 aliphatic rings. The van der Waals surface area contributed by atoms with Crippen molar-refractivity contribution in [3.05, 3.63) is 40.6 Å². The van der Waals surface area contributed by atoms with E-state index in [2.05, 4.69) is 10.3 Å². The SMILES string of the molecule is O=C(Nc1ncc(S(=O)(=O)c2ccc([N+](=O)[O-])cc2)s1)C1CC1. The first-order valence-electron chi connectivity index (χ1n) is 6.64. The highest BCUT2D eigenvalue weighted by molar-refractivity contribution is 7.93. The molecule has 120 valence electrons. The third kappa shape index (κ3) is 3.22. The molecule has 0 spiro atoms. The summed E-state index contributed by atoms with van der Waals surface area (Å²) in [6.07, 6.45) is 2.85. The standard InChI is InChI=1S/C13H11N3O5S2/c17-12(8-1-2-8)15-13-14-7-11(22-13)23(20,21)10-5-3-9(4-6-10)16(18)19/h3-8H,1-2H2,(H,14,15,17). The number of sulfone groups is 1. The molecule has 0 atom stereocenters. The molecule has 1 aromatic carbocycles. The van der Waals surface area contributed by atoms with Gasteiger partial charge < -0.3 is 5.32 Å². The van der Waals surface area contributed by atoms with Crippen molar-refractivity contribution in [2.75, 3.05) is 5.32 Å². The molecule has 2 aromatic rings. The van der Waals surface area contributed by atoms with Crippen molar-refractivity contribution in [2.24, 2.45) is 5.92 Å². The monoisotopic (exact) mass is 353 g/mol. The third-order valence-electron chi connectivity index (χ3n) is 3.29. The second-order valence-corrected chi connectivity index (χ2v) is 8.21. The number of nitrogens with zero attached hydrogens (tertiary/aromatic N) is 2. The zero-order chi connectivity index (χ0) is 16.6. The van der Waals surface area contributed by atoms with Gasteiger partial charge in [0.05, 0.1) is 16.0 Å². The largest absolute Gasteiger partial charge is 0.302 e. The Hall–Kier alpha value is -2.33. The summed E-state index contributed by atoms with van der Waals surface area (Å²) in [7, 11) is -3.82. The van der Waals surface area contributed by atoms with E-state index < -0.39 is 14.8 Å². The first kappa shape index (κ1) is 15.6. The van der Waals surface area contributed by atoms with E-state index in [0.717, 1.165) is 36.3 Å². The van der Waals surface area contributed by atoms with Crippen LogP contribution in [-0.4, -0.2) is 24.2 Å². The van der Waals surface area contributed by atoms with Crippen LogP contribution in [0.2, 0.25) is 0 Å². The van der Waals surface area contributed by atoms with Crippen molar-refractivity contribution in [1.82, 2.24) is 4.98 Å². The predicted molar refractivity (Wildman–Crippen MR) is 82.0 cm³/mol. The predicted octanol–water partition coefficient (Wildman–Crippen LogP) is 2.23. The smallest absolute Gasteiger partial charge is 0.269 e. The Morgan fingerprint density at radius 3 is 2.52 bits per heavy atom. The maximum absolute atomic E-state index is 12.4. The molecule has 1 fully saturated rings. The lowest BCUT2D eigenvalue weighted by Gasteiger charge is -2.01. The van der Waals surface area contributed by atoms with Gasteiger partial charge >= 0.3 is 0 Å². The van der Waals surface area contributed by atoms with Gasteiger partial charge in [0.15, 0.2) is 5.13 Å². The molecule has 0 bridgehead atoms. The van der Waals surface area contributed by atoms with E-state index in [4.69, 9.17) is 0 Å². The van der Waals surface area contributed by atoms with E-state index in [-0.39, 0.29) is 31.7 Å². The highest BCUT2D eigenvalue weighted by atomic mass is 32.2. The molecule has 1 heterocycles. The number of thiazole rings is 1. The molecule has 0 unspecified atom stereocenters. The normalized spacial score (nSPS) is 14.4. The first-order valence-corrected chi connectivity index (χ1v) is 8.94. The molecule has 1 amide bonds. The number of carbonyl (C=O) groups is 1. The number of nitro groups is 1. The van der Waals surface area contributed by atoms with Gasteiger partial charge in [-0.15, -0.1) is 0 Å². The van der Waals surface area contributed by atoms with Crippen LogP contribution in [0.4, 0.5) is 10.8 Å². The van der Waals surface area contributed by atoms with Crippen LogP contribution in [0.15, 0.2) is 39.6 Å². The van der Waals surface area contributed by atoms with Crippen LogP contribution in [0.1, 0.15) is 12.8 Å². The molecule has 1 saturated carbocycles. The molecule has 0 aliphatic heterocycles. The first-order chi connectivity index (χ1) is 10.9. The molecular weight excluding hydrogens is 342 g/mol. The Morgan fingerprint density at radius 2 is 1.96 bits per heavy atom. The van der Waals surface area contributed by atoms with Gasteiger partial charge in [-0.1, -0.05) is 11.3 Å². The minimum absolute atomic E-state index is 0.00590. The number of non-ortho nitro benzene ring substituents is 1. The Labute approximate surface area is 135 Å². The average molecular weight is 353 g/mol. The maximum atomic E-state index is 12.4. The molecule has 8 nitrogen and oxygen atoms in total. The molecular formula is C13H11N3O5S2. The molecule has 3 rings (SSSR count). The minimum Gasteiger partial charge on any atom is -0.302 e. The Kier molecular flexibility index (Phi) is 3.86. The fourth-order valence-electron chi connectivity index (χ4n) is 1.86. The molecule has 0 radical (unpaired) electrons. The molecule has 1 aromatic heterocycles. The quantitative estimate of drug-likeness (QED) is 0.650. The lowest BCUT2D eigenvalue weighted by molar-refractivity contribution is -0.384. The van der Waals surface area contributed by atoms with Crippen molar-refractivity contribution >= 4 is 37.9 Å². The van der Waals surface area contributed by atoms with E-state index in [9.17, 15) is 23.3 Å². The van der Waals surface area contributed by atoms with Crippen LogP contribution in [-0.2, 0) is 14.6 Å². The summed E-state index contributed by atoms with van der Waals surface area (Å²) < 4.78 is 24.9. The molecule has 0 saturated heterocycles. The second kappa shape index (κ2) is 5.70. The van der Waals surface area contributed by atoms with Crippen LogP contribution in [0, 0.1) is 16.0 Å². The number of amides is 1. The summed E-state index contributed by atoms with van der Waals surface area (Å²) >= 11 is 0.854. The van der Waals surface area contributed by atoms with Crippen LogP contribution >= 0.6 is 11.3 Å². The number of nitrogens with one attached hydrogen (secondary N) is 1. The Balaban J connectivity index is 1.83. The minimum atomic E-state index is -3.82. The fraction of sp³-hybridized carbons (Fsp3) is 0.231. The maximum Gasteiger partial charge on any atom is 0.269 e. The zero-order valence-corrected chi connectivity index (χ0v) is 13.3. The highest BCUT2D eigenvalue weighted by Crippen LogP contribution is 2.33. The molecule has 10 heteroatoms.